The van der Waals surface area contributed by atoms with E-state index in [0.29, 0.717) is 0 Å². The minimum Gasteiger partial charge on any atom is -0.440 e. The molecule has 132 valence electrons. The van der Waals surface area contributed by atoms with Crippen molar-refractivity contribution in [3.63, 3.8) is 0 Å². The second-order valence-corrected chi connectivity index (χ2v) is 6.62. The van der Waals surface area contributed by atoms with Crippen LogP contribution in [0.1, 0.15) is 60.8 Å². The molecule has 5 nitrogen and oxygen atoms in total. The van der Waals surface area contributed by atoms with Crippen molar-refractivity contribution in [2.45, 2.75) is 78.2 Å². The number of nitrogens with zero attached hydrogens (tertiary/aromatic N) is 1. The number of hydrogen-bond donors (Lipinski definition) is 1. The van der Waals surface area contributed by atoms with Crippen LogP contribution in [0.2, 0.25) is 0 Å². The third-order valence-electron chi connectivity index (χ3n) is 4.38. The Bertz CT molecular complexity index is 362. The van der Waals surface area contributed by atoms with Gasteiger partial charge in [-0.05, 0) is 66.4 Å². The highest BCUT2D eigenvalue weighted by molar-refractivity contribution is 5.98. The molecule has 0 aliphatic carbocycles. The van der Waals surface area contributed by atoms with Crippen molar-refractivity contribution < 1.29 is 14.1 Å². The minimum atomic E-state index is -0.457. The fourth-order valence-corrected chi connectivity index (χ4v) is 1.53. The molecular weight excluding hydrogens is 291 g/mol. The van der Waals surface area contributed by atoms with Crippen LogP contribution in [0.25, 0.3) is 0 Å². The largest absolute Gasteiger partial charge is 0.440 e. The van der Waals surface area contributed by atoms with Gasteiger partial charge in [-0.2, -0.15) is 5.10 Å². The quantitative estimate of drug-likeness (QED) is 0.462. The molecule has 1 aliphatic heterocycles. The van der Waals surface area contributed by atoms with E-state index in [4.69, 9.17) is 22.2 Å². The zero-order valence-electron chi connectivity index (χ0n) is 15.8. The van der Waals surface area contributed by atoms with Crippen LogP contribution in [0.4, 0.5) is 0 Å². The molecule has 0 saturated carbocycles. The fourth-order valence-electron chi connectivity index (χ4n) is 1.53. The molecule has 1 saturated heterocycles. The molecule has 23 heavy (non-hydrogen) atoms. The molecule has 1 aliphatic rings. The molecule has 0 aromatic heterocycles. The first kappa shape index (κ1) is 22.2. The number of methoxy groups -OCH3 is 1. The highest BCUT2D eigenvalue weighted by Gasteiger charge is 2.36. The van der Waals surface area contributed by atoms with Crippen molar-refractivity contribution >= 4 is 14.3 Å². The van der Waals surface area contributed by atoms with Crippen LogP contribution in [0.3, 0.4) is 0 Å². The lowest BCUT2D eigenvalue weighted by Crippen LogP contribution is -2.48. The second-order valence-electron chi connectivity index (χ2n) is 6.62. The van der Waals surface area contributed by atoms with Gasteiger partial charge in [-0.15, -0.1) is 0 Å². The van der Waals surface area contributed by atoms with Crippen molar-refractivity contribution in [3.05, 3.63) is 11.6 Å². The number of nitrogens with one attached hydrogen (secondary N) is 1. The summed E-state index contributed by atoms with van der Waals surface area (Å²) in [6.07, 6.45) is 7.43. The highest BCUT2D eigenvalue weighted by Crippen LogP contribution is 2.26. The molecule has 6 heteroatoms. The zero-order valence-corrected chi connectivity index (χ0v) is 15.8. The lowest BCUT2D eigenvalue weighted by Gasteiger charge is -2.39. The Hall–Kier alpha value is -0.845. The van der Waals surface area contributed by atoms with Crippen molar-refractivity contribution in [1.82, 2.24) is 5.43 Å². The molecule has 1 heterocycles. The van der Waals surface area contributed by atoms with Gasteiger partial charge in [0.1, 0.15) is 6.23 Å². The SMILES string of the molecule is C/C=C(C)\C=N/NC1CCCCO1.[B]OC(C)(C)C(C)(C)OC. The maximum Gasteiger partial charge on any atom is 0.283 e. The van der Waals surface area contributed by atoms with Gasteiger partial charge < -0.3 is 14.1 Å². The topological polar surface area (TPSA) is 52.1 Å². The van der Waals surface area contributed by atoms with E-state index in [1.54, 1.807) is 7.11 Å². The van der Waals surface area contributed by atoms with Crippen molar-refractivity contribution in [2.24, 2.45) is 5.10 Å². The van der Waals surface area contributed by atoms with Crippen LogP contribution in [-0.2, 0) is 14.1 Å². The van der Waals surface area contributed by atoms with Gasteiger partial charge in [0.25, 0.3) is 8.05 Å². The number of ether oxygens (including phenoxy) is 2. The molecule has 2 radical (unpaired) electrons. The lowest BCUT2D eigenvalue weighted by atomic mass is 9.88. The van der Waals surface area contributed by atoms with Crippen LogP contribution in [-0.4, -0.2) is 45.4 Å². The standard InChI is InChI=1S/C10H18N2O.C7H15BO2/c1-3-9(2)8-11-12-10-6-4-5-7-13-10;1-6(2,9-5)7(3,4)10-8/h3,8,10,12H,4-7H2,1-2H3;1-5H3/b9-3-,11-8-;. The molecule has 1 rings (SSSR count). The molecule has 0 amide bonds. The highest BCUT2D eigenvalue weighted by atomic mass is 16.5. The normalized spacial score (nSPS) is 20.1. The average molecular weight is 324 g/mol. The van der Waals surface area contributed by atoms with Gasteiger partial charge in [-0.25, -0.2) is 0 Å². The van der Waals surface area contributed by atoms with Gasteiger partial charge in [-0.3, -0.25) is 5.43 Å². The van der Waals surface area contributed by atoms with E-state index in [1.165, 1.54) is 12.8 Å². The zero-order chi connectivity index (χ0) is 17.9. The maximum absolute atomic E-state index is 5.45. The van der Waals surface area contributed by atoms with Crippen LogP contribution in [0.5, 0.6) is 0 Å². The molecular formula is C17H33BN2O3. The van der Waals surface area contributed by atoms with Gasteiger partial charge in [0.2, 0.25) is 0 Å². The van der Waals surface area contributed by atoms with E-state index in [1.807, 2.05) is 53.8 Å². The Balaban J connectivity index is 0.000000438. The third-order valence-corrected chi connectivity index (χ3v) is 4.38. The molecule has 1 unspecified atom stereocenters. The Morgan fingerprint density at radius 1 is 1.26 bits per heavy atom. The van der Waals surface area contributed by atoms with Gasteiger partial charge in [-0.1, -0.05) is 6.08 Å². The molecule has 1 atom stereocenters. The maximum atomic E-state index is 5.45. The molecule has 0 aromatic rings. The molecule has 0 bridgehead atoms. The monoisotopic (exact) mass is 324 g/mol. The van der Waals surface area contributed by atoms with Crippen molar-refractivity contribution in [1.29, 1.82) is 0 Å². The molecule has 0 spiro atoms. The predicted molar refractivity (Wildman–Crippen MR) is 96.7 cm³/mol. The summed E-state index contributed by atoms with van der Waals surface area (Å²) in [6, 6.07) is 0. The van der Waals surface area contributed by atoms with Gasteiger partial charge >= 0.3 is 0 Å². The van der Waals surface area contributed by atoms with E-state index >= 15 is 0 Å². The van der Waals surface area contributed by atoms with Crippen molar-refractivity contribution in [2.75, 3.05) is 13.7 Å². The second kappa shape index (κ2) is 10.8. The summed E-state index contributed by atoms with van der Waals surface area (Å²) in [5.74, 6) is 0. The minimum absolute atomic E-state index is 0.120. The van der Waals surface area contributed by atoms with Gasteiger partial charge in [0, 0.05) is 19.9 Å². The number of hydrazone groups is 1. The Morgan fingerprint density at radius 2 is 1.91 bits per heavy atom. The smallest absolute Gasteiger partial charge is 0.283 e. The summed E-state index contributed by atoms with van der Waals surface area (Å²) in [4.78, 5) is 0. The first-order chi connectivity index (χ1) is 10.7. The Kier molecular flexibility index (Phi) is 10.4. The van der Waals surface area contributed by atoms with Crippen LogP contribution in [0.15, 0.2) is 16.8 Å². The van der Waals surface area contributed by atoms with E-state index in [9.17, 15) is 0 Å². The first-order valence-electron chi connectivity index (χ1n) is 8.16. The van der Waals surface area contributed by atoms with E-state index in [0.717, 1.165) is 18.6 Å². The fraction of sp³-hybridized carbons (Fsp3) is 0.824. The number of allylic oxidation sites excluding steroid dienone is 2. The lowest BCUT2D eigenvalue weighted by molar-refractivity contribution is -0.112. The summed E-state index contributed by atoms with van der Waals surface area (Å²) in [5.41, 5.74) is 3.33. The van der Waals surface area contributed by atoms with Crippen LogP contribution in [0, 0.1) is 0 Å². The van der Waals surface area contributed by atoms with Crippen LogP contribution < -0.4 is 5.43 Å². The van der Waals surface area contributed by atoms with Crippen molar-refractivity contribution in [3.8, 4) is 0 Å². The Morgan fingerprint density at radius 3 is 2.30 bits per heavy atom. The average Bonchev–Trinajstić information content (AvgIpc) is 2.56. The van der Waals surface area contributed by atoms with E-state index < -0.39 is 5.60 Å². The summed E-state index contributed by atoms with van der Waals surface area (Å²) in [7, 11) is 6.73. The molecule has 0 aromatic carbocycles. The predicted octanol–water partition coefficient (Wildman–Crippen LogP) is 3.34. The summed E-state index contributed by atoms with van der Waals surface area (Å²) < 4.78 is 15.4. The summed E-state index contributed by atoms with van der Waals surface area (Å²) in [6.45, 7) is 12.5. The van der Waals surface area contributed by atoms with Gasteiger partial charge in [0.05, 0.1) is 11.2 Å². The first-order valence-corrected chi connectivity index (χ1v) is 8.16. The molecule has 1 fully saturated rings. The summed E-state index contributed by atoms with van der Waals surface area (Å²) >= 11 is 0. The number of hydrogen-bond acceptors (Lipinski definition) is 5. The number of rotatable bonds is 6. The molecule has 1 N–H and O–H groups in total. The van der Waals surface area contributed by atoms with Gasteiger partial charge in [0.15, 0.2) is 0 Å². The van der Waals surface area contributed by atoms with E-state index in [-0.39, 0.29) is 11.8 Å². The Labute approximate surface area is 143 Å². The third kappa shape index (κ3) is 8.54. The summed E-state index contributed by atoms with van der Waals surface area (Å²) in [5, 5.41) is 4.10. The van der Waals surface area contributed by atoms with Crippen LogP contribution >= 0.6 is 0 Å². The van der Waals surface area contributed by atoms with E-state index in [2.05, 4.69) is 10.5 Å².